The molecular formula is C36H25Cl2N3O4. The summed E-state index contributed by atoms with van der Waals surface area (Å²) in [6.07, 6.45) is 1.53. The van der Waals surface area contributed by atoms with Crippen molar-refractivity contribution >= 4 is 62.1 Å². The van der Waals surface area contributed by atoms with E-state index in [1.165, 1.54) is 10.9 Å². The van der Waals surface area contributed by atoms with Gasteiger partial charge in [0.05, 0.1) is 28.7 Å². The number of nitrogens with zero attached hydrogens (tertiary/aromatic N) is 3. The molecule has 9 heteroatoms. The van der Waals surface area contributed by atoms with Gasteiger partial charge in [-0.15, -0.1) is 0 Å². The molecule has 45 heavy (non-hydrogen) atoms. The van der Waals surface area contributed by atoms with E-state index in [0.29, 0.717) is 62.6 Å². The number of halogens is 2. The maximum Gasteiger partial charge on any atom is 0.282 e. The molecule has 0 bridgehead atoms. The Kier molecular flexibility index (Phi) is 7.71. The largest absolute Gasteiger partial charge is 0.490 e. The molecule has 0 fully saturated rings. The third kappa shape index (κ3) is 5.64. The maximum atomic E-state index is 13.7. The molecule has 5 aromatic carbocycles. The molecule has 0 N–H and O–H groups in total. The lowest BCUT2D eigenvalue weighted by Gasteiger charge is -2.15. The molecule has 2 heterocycles. The Balaban J connectivity index is 1.27. The fourth-order valence-electron chi connectivity index (χ4n) is 5.27. The number of rotatable bonds is 8. The van der Waals surface area contributed by atoms with Crippen LogP contribution in [0.4, 0.5) is 0 Å². The quantitative estimate of drug-likeness (QED) is 0.156. The van der Waals surface area contributed by atoms with E-state index in [2.05, 4.69) is 23.3 Å². The van der Waals surface area contributed by atoms with Gasteiger partial charge >= 0.3 is 0 Å². The highest BCUT2D eigenvalue weighted by Gasteiger charge is 2.18. The Morgan fingerprint density at radius 3 is 2.53 bits per heavy atom. The summed E-state index contributed by atoms with van der Waals surface area (Å²) in [7, 11) is 0. The van der Waals surface area contributed by atoms with Gasteiger partial charge in [0, 0.05) is 10.4 Å². The topological polar surface area (TPSA) is 78.9 Å². The monoisotopic (exact) mass is 633 g/mol. The number of hydrogen-bond acceptors (Lipinski definition) is 6. The van der Waals surface area contributed by atoms with Gasteiger partial charge in [-0.2, -0.15) is 9.78 Å². The molecule has 0 saturated carbocycles. The fourth-order valence-corrected chi connectivity index (χ4v) is 5.73. The van der Waals surface area contributed by atoms with E-state index in [1.807, 2.05) is 37.3 Å². The molecule has 0 atom stereocenters. The van der Waals surface area contributed by atoms with Crippen LogP contribution < -0.4 is 15.0 Å². The summed E-state index contributed by atoms with van der Waals surface area (Å²) in [5.41, 5.74) is 2.41. The number of ether oxygens (including phenoxy) is 2. The minimum absolute atomic E-state index is 0.244. The van der Waals surface area contributed by atoms with Gasteiger partial charge in [-0.25, -0.2) is 4.98 Å². The van der Waals surface area contributed by atoms with Crippen LogP contribution in [0.1, 0.15) is 18.1 Å². The van der Waals surface area contributed by atoms with Gasteiger partial charge in [0.15, 0.2) is 17.3 Å². The van der Waals surface area contributed by atoms with Crippen LogP contribution in [0.5, 0.6) is 11.5 Å². The number of benzene rings is 5. The molecule has 0 aliphatic heterocycles. The van der Waals surface area contributed by atoms with Crippen molar-refractivity contribution in [2.24, 2.45) is 5.10 Å². The van der Waals surface area contributed by atoms with Crippen molar-refractivity contribution in [2.45, 2.75) is 13.5 Å². The van der Waals surface area contributed by atoms with E-state index in [9.17, 15) is 4.79 Å². The molecular weight excluding hydrogens is 609 g/mol. The third-order valence-electron chi connectivity index (χ3n) is 7.36. The number of para-hydroxylation sites is 1. The highest BCUT2D eigenvalue weighted by atomic mass is 35.5. The molecule has 2 aromatic heterocycles. The predicted octanol–water partition coefficient (Wildman–Crippen LogP) is 9.13. The second-order valence-electron chi connectivity index (χ2n) is 10.3. The van der Waals surface area contributed by atoms with Gasteiger partial charge in [-0.05, 0) is 77.4 Å². The van der Waals surface area contributed by atoms with Gasteiger partial charge < -0.3 is 13.9 Å². The summed E-state index contributed by atoms with van der Waals surface area (Å²) in [5, 5.41) is 8.92. The van der Waals surface area contributed by atoms with Crippen LogP contribution in [0.15, 0.2) is 117 Å². The Morgan fingerprint density at radius 2 is 1.67 bits per heavy atom. The number of fused-ring (bicyclic) bond motifs is 3. The van der Waals surface area contributed by atoms with Gasteiger partial charge in [-0.3, -0.25) is 4.79 Å². The fraction of sp³-hybridized carbons (Fsp3) is 0.0833. The molecule has 0 amide bonds. The van der Waals surface area contributed by atoms with Crippen molar-refractivity contribution < 1.29 is 13.9 Å². The average Bonchev–Trinajstić information content (AvgIpc) is 3.47. The van der Waals surface area contributed by atoms with Crippen LogP contribution in [-0.4, -0.2) is 22.5 Å². The summed E-state index contributed by atoms with van der Waals surface area (Å²) in [4.78, 5) is 18.4. The smallest absolute Gasteiger partial charge is 0.282 e. The lowest BCUT2D eigenvalue weighted by molar-refractivity contribution is 0.270. The molecule has 7 nitrogen and oxygen atoms in total. The molecule has 0 radical (unpaired) electrons. The zero-order valence-corrected chi connectivity index (χ0v) is 25.5. The molecule has 0 spiro atoms. The van der Waals surface area contributed by atoms with E-state index in [0.717, 1.165) is 21.7 Å². The first-order chi connectivity index (χ1) is 22.0. The minimum atomic E-state index is -0.350. The molecule has 0 saturated heterocycles. The summed E-state index contributed by atoms with van der Waals surface area (Å²) in [6, 6.07) is 31.9. The first-order valence-electron chi connectivity index (χ1n) is 14.3. The first-order valence-corrected chi connectivity index (χ1v) is 15.1. The lowest BCUT2D eigenvalue weighted by Crippen LogP contribution is -2.20. The van der Waals surface area contributed by atoms with Crippen molar-refractivity contribution in [2.75, 3.05) is 6.61 Å². The Labute approximate surface area is 267 Å². The third-order valence-corrected chi connectivity index (χ3v) is 7.87. The summed E-state index contributed by atoms with van der Waals surface area (Å²) < 4.78 is 19.4. The highest BCUT2D eigenvalue weighted by Crippen LogP contribution is 2.37. The standard InChI is InChI=1S/C36H25Cl2N3O4/c1-2-43-32-17-22(16-29(38)34(32)44-21-24-10-7-9-23-8-3-4-11-27(23)24)20-39-41-35(40-30-13-6-5-12-28(30)36(41)42)33-19-25-18-26(37)14-15-31(25)45-33/h3-20H,2,21H2,1H3. The van der Waals surface area contributed by atoms with Gasteiger partial charge in [0.2, 0.25) is 5.82 Å². The van der Waals surface area contributed by atoms with Crippen LogP contribution in [0.3, 0.4) is 0 Å². The molecule has 0 aliphatic carbocycles. The maximum absolute atomic E-state index is 13.7. The first kappa shape index (κ1) is 28.6. The molecule has 7 aromatic rings. The predicted molar refractivity (Wildman–Crippen MR) is 180 cm³/mol. The normalized spacial score (nSPS) is 11.6. The summed E-state index contributed by atoms with van der Waals surface area (Å²) >= 11 is 13.0. The Bertz CT molecular complexity index is 2300. The zero-order valence-electron chi connectivity index (χ0n) is 24.0. The van der Waals surface area contributed by atoms with Crippen molar-refractivity contribution in [3.63, 3.8) is 0 Å². The molecule has 0 unspecified atom stereocenters. The van der Waals surface area contributed by atoms with Gasteiger partial charge in [0.1, 0.15) is 12.2 Å². The van der Waals surface area contributed by atoms with Crippen LogP contribution >= 0.6 is 23.2 Å². The number of hydrogen-bond donors (Lipinski definition) is 0. The second-order valence-corrected chi connectivity index (χ2v) is 11.1. The van der Waals surface area contributed by atoms with E-state index < -0.39 is 0 Å². The Morgan fingerprint density at radius 1 is 0.867 bits per heavy atom. The molecule has 222 valence electrons. The van der Waals surface area contributed by atoms with Crippen LogP contribution in [0.25, 0.3) is 44.2 Å². The SMILES string of the molecule is CCOc1cc(C=Nn2c(-c3cc4cc(Cl)ccc4o3)nc3ccccc3c2=O)cc(Cl)c1OCc1cccc2ccccc12. The Hall–Kier alpha value is -5.11. The van der Waals surface area contributed by atoms with E-state index in [1.54, 1.807) is 54.6 Å². The summed E-state index contributed by atoms with van der Waals surface area (Å²) in [5.74, 6) is 1.51. The zero-order chi connectivity index (χ0) is 30.9. The summed E-state index contributed by atoms with van der Waals surface area (Å²) in [6.45, 7) is 2.59. The van der Waals surface area contributed by atoms with Crippen molar-refractivity contribution in [1.82, 2.24) is 9.66 Å². The second kappa shape index (κ2) is 12.1. The van der Waals surface area contributed by atoms with Crippen LogP contribution in [0, 0.1) is 0 Å². The molecule has 0 aliphatic rings. The van der Waals surface area contributed by atoms with Gasteiger partial charge in [0.25, 0.3) is 5.56 Å². The molecule has 7 rings (SSSR count). The highest BCUT2D eigenvalue weighted by molar-refractivity contribution is 6.32. The van der Waals surface area contributed by atoms with E-state index >= 15 is 0 Å². The van der Waals surface area contributed by atoms with E-state index in [4.69, 9.17) is 42.1 Å². The average molecular weight is 635 g/mol. The number of aromatic nitrogens is 2. The number of furan rings is 1. The van der Waals surface area contributed by atoms with Crippen LogP contribution in [0.2, 0.25) is 10.0 Å². The van der Waals surface area contributed by atoms with E-state index in [-0.39, 0.29) is 11.4 Å². The lowest BCUT2D eigenvalue weighted by atomic mass is 10.1. The minimum Gasteiger partial charge on any atom is -0.490 e. The van der Waals surface area contributed by atoms with Crippen molar-refractivity contribution in [3.8, 4) is 23.1 Å². The van der Waals surface area contributed by atoms with Gasteiger partial charge in [-0.1, -0.05) is 77.8 Å². The van der Waals surface area contributed by atoms with Crippen molar-refractivity contribution in [1.29, 1.82) is 0 Å². The van der Waals surface area contributed by atoms with Crippen molar-refractivity contribution in [3.05, 3.63) is 135 Å². The van der Waals surface area contributed by atoms with Crippen LogP contribution in [-0.2, 0) is 6.61 Å².